The molecule has 7 heteroatoms. The monoisotopic (exact) mass is 465 g/mol. The van der Waals surface area contributed by atoms with Crippen molar-refractivity contribution >= 4 is 5.95 Å². The molecule has 0 saturated carbocycles. The largest absolute Gasteiger partial charge is 0.378 e. The average Bonchev–Trinajstić information content (AvgIpc) is 2.90. The van der Waals surface area contributed by atoms with Crippen molar-refractivity contribution in [1.82, 2.24) is 19.8 Å². The normalized spacial score (nSPS) is 23.5. The van der Waals surface area contributed by atoms with Crippen LogP contribution < -0.4 is 4.90 Å². The number of ether oxygens (including phenoxy) is 2. The summed E-state index contributed by atoms with van der Waals surface area (Å²) in [4.78, 5) is 16.9. The van der Waals surface area contributed by atoms with Gasteiger partial charge in [-0.15, -0.1) is 0 Å². The van der Waals surface area contributed by atoms with Crippen LogP contribution in [-0.4, -0.2) is 84.0 Å². The second kappa shape index (κ2) is 11.1. The summed E-state index contributed by atoms with van der Waals surface area (Å²) in [7, 11) is 0. The lowest BCUT2D eigenvalue weighted by molar-refractivity contribution is -0.134. The van der Waals surface area contributed by atoms with Gasteiger partial charge in [-0.1, -0.05) is 37.3 Å². The van der Waals surface area contributed by atoms with E-state index in [2.05, 4.69) is 63.0 Å². The number of aromatic nitrogens is 2. The van der Waals surface area contributed by atoms with Crippen molar-refractivity contribution in [2.45, 2.75) is 57.3 Å². The summed E-state index contributed by atoms with van der Waals surface area (Å²) in [6.07, 6.45) is 6.40. The smallest absolute Gasteiger partial charge is 0.225 e. The van der Waals surface area contributed by atoms with E-state index in [1.165, 1.54) is 5.56 Å². The number of hydrogen-bond donors (Lipinski definition) is 0. The number of nitrogens with zero attached hydrogens (tertiary/aromatic N) is 5. The predicted octanol–water partition coefficient (Wildman–Crippen LogP) is 3.35. The molecular formula is C27H39N5O2. The number of benzene rings is 1. The molecule has 3 fully saturated rings. The second-order valence-corrected chi connectivity index (χ2v) is 9.95. The maximum atomic E-state index is 6.48. The van der Waals surface area contributed by atoms with Gasteiger partial charge in [-0.3, -0.25) is 9.80 Å². The van der Waals surface area contributed by atoms with Crippen molar-refractivity contribution in [3.63, 3.8) is 0 Å². The molecule has 0 N–H and O–H groups in total. The zero-order chi connectivity index (χ0) is 23.2. The lowest BCUT2D eigenvalue weighted by Gasteiger charge is -2.48. The molecule has 0 unspecified atom stereocenters. The van der Waals surface area contributed by atoms with E-state index in [0.717, 1.165) is 103 Å². The highest BCUT2D eigenvalue weighted by Crippen LogP contribution is 2.37. The summed E-state index contributed by atoms with van der Waals surface area (Å²) in [6.45, 7) is 11.5. The number of rotatable bonds is 7. The van der Waals surface area contributed by atoms with Crippen LogP contribution in [0.15, 0.2) is 42.6 Å². The number of anilines is 1. The molecule has 34 heavy (non-hydrogen) atoms. The van der Waals surface area contributed by atoms with Crippen LogP contribution in [0.3, 0.4) is 0 Å². The standard InChI is InChI=1S/C27H39N5O2/c1-2-31(22-24-8-12-28-26(29-24)32-15-18-33-19-16-32)25-9-17-34-27(20-25)10-13-30(14-11-27)21-23-6-4-3-5-7-23/h3-8,12,25H,2,9-11,13-22H2,1H3/t25-/m1/s1. The molecule has 1 aromatic heterocycles. The van der Waals surface area contributed by atoms with Crippen LogP contribution in [0.5, 0.6) is 0 Å². The van der Waals surface area contributed by atoms with Crippen LogP contribution in [-0.2, 0) is 22.6 Å². The SMILES string of the molecule is CCN(Cc1ccnc(N2CCOCC2)n1)[C@@H]1CCOC2(CCN(Cc3ccccc3)CC2)C1. The summed E-state index contributed by atoms with van der Waals surface area (Å²) in [6, 6.07) is 13.4. The Kier molecular flexibility index (Phi) is 7.74. The van der Waals surface area contributed by atoms with Crippen molar-refractivity contribution in [2.75, 3.05) is 57.4 Å². The van der Waals surface area contributed by atoms with Gasteiger partial charge in [-0.25, -0.2) is 9.97 Å². The second-order valence-electron chi connectivity index (χ2n) is 9.95. The molecule has 184 valence electrons. The Morgan fingerprint density at radius 1 is 1.03 bits per heavy atom. The number of likely N-dealkylation sites (tertiary alicyclic amines) is 1. The molecule has 1 atom stereocenters. The van der Waals surface area contributed by atoms with Gasteiger partial charge in [0.2, 0.25) is 5.95 Å². The number of hydrogen-bond acceptors (Lipinski definition) is 7. The molecule has 1 aromatic carbocycles. The summed E-state index contributed by atoms with van der Waals surface area (Å²) in [5.74, 6) is 0.839. The molecule has 3 aliphatic rings. The maximum absolute atomic E-state index is 6.48. The lowest BCUT2D eigenvalue weighted by Crippen LogP contribution is -2.53. The molecule has 1 spiro atoms. The Hall–Kier alpha value is -2.06. The van der Waals surface area contributed by atoms with E-state index in [1.807, 2.05) is 6.20 Å². The van der Waals surface area contributed by atoms with E-state index < -0.39 is 0 Å². The van der Waals surface area contributed by atoms with E-state index in [0.29, 0.717) is 6.04 Å². The van der Waals surface area contributed by atoms with Gasteiger partial charge in [-0.05, 0) is 43.9 Å². The lowest BCUT2D eigenvalue weighted by atomic mass is 9.81. The topological polar surface area (TPSA) is 54.0 Å². The fraction of sp³-hybridized carbons (Fsp3) is 0.630. The fourth-order valence-corrected chi connectivity index (χ4v) is 5.72. The van der Waals surface area contributed by atoms with Gasteiger partial charge in [0.05, 0.1) is 24.5 Å². The Bertz CT molecular complexity index is 897. The first-order valence-corrected chi connectivity index (χ1v) is 13.0. The van der Waals surface area contributed by atoms with Crippen molar-refractivity contribution < 1.29 is 9.47 Å². The Morgan fingerprint density at radius 3 is 2.59 bits per heavy atom. The first kappa shape index (κ1) is 23.7. The third-order valence-corrected chi connectivity index (χ3v) is 7.77. The van der Waals surface area contributed by atoms with Gasteiger partial charge in [0.1, 0.15) is 0 Å². The van der Waals surface area contributed by atoms with Gasteiger partial charge in [0.25, 0.3) is 0 Å². The first-order valence-electron chi connectivity index (χ1n) is 13.0. The van der Waals surface area contributed by atoms with Crippen molar-refractivity contribution in [3.05, 3.63) is 53.9 Å². The Balaban J connectivity index is 1.18. The molecule has 0 bridgehead atoms. The third kappa shape index (κ3) is 5.77. The zero-order valence-corrected chi connectivity index (χ0v) is 20.6. The fourth-order valence-electron chi connectivity index (χ4n) is 5.72. The van der Waals surface area contributed by atoms with E-state index >= 15 is 0 Å². The minimum atomic E-state index is 0.0359. The van der Waals surface area contributed by atoms with E-state index in [1.54, 1.807) is 0 Å². The minimum absolute atomic E-state index is 0.0359. The Morgan fingerprint density at radius 2 is 1.82 bits per heavy atom. The van der Waals surface area contributed by atoms with Crippen molar-refractivity contribution in [2.24, 2.45) is 0 Å². The molecule has 4 heterocycles. The molecule has 5 rings (SSSR count). The van der Waals surface area contributed by atoms with Crippen molar-refractivity contribution in [1.29, 1.82) is 0 Å². The summed E-state index contributed by atoms with van der Waals surface area (Å²) in [5, 5.41) is 0. The molecule has 3 aliphatic heterocycles. The highest BCUT2D eigenvalue weighted by Gasteiger charge is 2.41. The van der Waals surface area contributed by atoms with E-state index in [9.17, 15) is 0 Å². The van der Waals surface area contributed by atoms with E-state index in [4.69, 9.17) is 14.5 Å². The molecule has 0 radical (unpaired) electrons. The number of piperidine rings is 1. The molecule has 0 aliphatic carbocycles. The van der Waals surface area contributed by atoms with Crippen LogP contribution in [0, 0.1) is 0 Å². The summed E-state index contributed by atoms with van der Waals surface area (Å²) >= 11 is 0. The van der Waals surface area contributed by atoms with Gasteiger partial charge in [0, 0.05) is 58.1 Å². The van der Waals surface area contributed by atoms with Gasteiger partial charge < -0.3 is 14.4 Å². The number of morpholine rings is 1. The van der Waals surface area contributed by atoms with Crippen LogP contribution in [0.2, 0.25) is 0 Å². The van der Waals surface area contributed by atoms with E-state index in [-0.39, 0.29) is 5.60 Å². The minimum Gasteiger partial charge on any atom is -0.378 e. The zero-order valence-electron chi connectivity index (χ0n) is 20.6. The Labute approximate surface area is 204 Å². The average molecular weight is 466 g/mol. The van der Waals surface area contributed by atoms with Gasteiger partial charge >= 0.3 is 0 Å². The quantitative estimate of drug-likeness (QED) is 0.622. The maximum Gasteiger partial charge on any atom is 0.225 e. The molecule has 7 nitrogen and oxygen atoms in total. The predicted molar refractivity (Wildman–Crippen MR) is 134 cm³/mol. The van der Waals surface area contributed by atoms with Crippen LogP contribution in [0.4, 0.5) is 5.95 Å². The van der Waals surface area contributed by atoms with Crippen molar-refractivity contribution in [3.8, 4) is 0 Å². The molecule has 0 amide bonds. The molecule has 2 aromatic rings. The van der Waals surface area contributed by atoms with Crippen LogP contribution in [0.25, 0.3) is 0 Å². The van der Waals surface area contributed by atoms with Gasteiger partial charge in [-0.2, -0.15) is 0 Å². The molecule has 3 saturated heterocycles. The first-order chi connectivity index (χ1) is 16.7. The molecular weight excluding hydrogens is 426 g/mol. The third-order valence-electron chi connectivity index (χ3n) is 7.77. The van der Waals surface area contributed by atoms with Crippen LogP contribution >= 0.6 is 0 Å². The van der Waals surface area contributed by atoms with Crippen LogP contribution in [0.1, 0.15) is 43.9 Å². The van der Waals surface area contributed by atoms with Gasteiger partial charge in [0.15, 0.2) is 0 Å². The summed E-state index contributed by atoms with van der Waals surface area (Å²) < 4.78 is 12.0. The highest BCUT2D eigenvalue weighted by atomic mass is 16.5. The highest BCUT2D eigenvalue weighted by molar-refractivity contribution is 5.30. The summed E-state index contributed by atoms with van der Waals surface area (Å²) in [5.41, 5.74) is 2.55.